The second-order valence-electron chi connectivity index (χ2n) is 6.41. The molecular formula is C19H22N4O3. The number of hydrogen-bond acceptors (Lipinski definition) is 5. The lowest BCUT2D eigenvalue weighted by molar-refractivity contribution is 0.0951. The third-order valence-corrected chi connectivity index (χ3v) is 4.10. The summed E-state index contributed by atoms with van der Waals surface area (Å²) in [5.41, 5.74) is 1.29. The van der Waals surface area contributed by atoms with E-state index in [1.165, 1.54) is 7.11 Å². The van der Waals surface area contributed by atoms with E-state index in [2.05, 4.69) is 15.6 Å². The molecule has 0 bridgehead atoms. The summed E-state index contributed by atoms with van der Waals surface area (Å²) in [5, 5.41) is 5.75. The molecule has 1 aromatic heterocycles. The van der Waals surface area contributed by atoms with E-state index in [-0.39, 0.29) is 17.9 Å². The van der Waals surface area contributed by atoms with Crippen molar-refractivity contribution in [2.75, 3.05) is 31.4 Å². The summed E-state index contributed by atoms with van der Waals surface area (Å²) < 4.78 is 5.21. The molecular weight excluding hydrogens is 332 g/mol. The largest absolute Gasteiger partial charge is 0.497 e. The van der Waals surface area contributed by atoms with Crippen molar-refractivity contribution < 1.29 is 14.3 Å². The molecule has 136 valence electrons. The van der Waals surface area contributed by atoms with E-state index >= 15 is 0 Å². The number of carbonyl (C=O) groups is 2. The van der Waals surface area contributed by atoms with Crippen molar-refractivity contribution in [3.05, 3.63) is 47.7 Å². The van der Waals surface area contributed by atoms with Crippen molar-refractivity contribution in [2.24, 2.45) is 0 Å². The molecule has 26 heavy (non-hydrogen) atoms. The molecule has 0 spiro atoms. The maximum Gasteiger partial charge on any atom is 0.255 e. The van der Waals surface area contributed by atoms with Gasteiger partial charge < -0.3 is 20.3 Å². The third kappa shape index (κ3) is 4.11. The van der Waals surface area contributed by atoms with Gasteiger partial charge in [-0.25, -0.2) is 4.98 Å². The number of rotatable bonds is 6. The van der Waals surface area contributed by atoms with Crippen LogP contribution in [0.3, 0.4) is 0 Å². The number of nitrogens with one attached hydrogen (secondary N) is 2. The molecule has 0 radical (unpaired) electrons. The van der Waals surface area contributed by atoms with Crippen LogP contribution in [0.25, 0.3) is 0 Å². The van der Waals surface area contributed by atoms with Crippen molar-refractivity contribution in [1.29, 1.82) is 0 Å². The number of hydrogen-bond donors (Lipinski definition) is 2. The number of aromatic nitrogens is 1. The van der Waals surface area contributed by atoms with Gasteiger partial charge in [0.1, 0.15) is 11.6 Å². The minimum absolute atomic E-state index is 0.217. The average Bonchev–Trinajstić information content (AvgIpc) is 3.46. The fraction of sp³-hybridized carbons (Fsp3) is 0.316. The molecule has 0 unspecified atom stereocenters. The first kappa shape index (κ1) is 17.7. The lowest BCUT2D eigenvalue weighted by atomic mass is 10.1. The minimum atomic E-state index is -0.305. The molecule has 7 nitrogen and oxygen atoms in total. The van der Waals surface area contributed by atoms with Crippen LogP contribution in [0.5, 0.6) is 5.75 Å². The molecule has 0 atom stereocenters. The highest BCUT2D eigenvalue weighted by Crippen LogP contribution is 2.25. The first-order chi connectivity index (χ1) is 12.5. The molecule has 2 amide bonds. The number of nitrogens with zero attached hydrogens (tertiary/aromatic N) is 2. The Hall–Kier alpha value is -3.09. The van der Waals surface area contributed by atoms with Crippen LogP contribution in [0.1, 0.15) is 33.6 Å². The summed E-state index contributed by atoms with van der Waals surface area (Å²) in [5.74, 6) is 0.716. The van der Waals surface area contributed by atoms with E-state index in [4.69, 9.17) is 4.74 Å². The standard InChI is InChI=1S/C19H22N4O3/c1-23(2)17-10-12(8-9-20-17)18(24)22-16-7-6-14(26-3)11-15(16)19(25)21-13-4-5-13/h6-11,13H,4-5H2,1-3H3,(H,21,25)(H,22,24). The highest BCUT2D eigenvalue weighted by atomic mass is 16.5. The summed E-state index contributed by atoms with van der Waals surface area (Å²) >= 11 is 0. The van der Waals surface area contributed by atoms with Gasteiger partial charge in [0.15, 0.2) is 0 Å². The van der Waals surface area contributed by atoms with Crippen LogP contribution < -0.4 is 20.3 Å². The first-order valence-electron chi connectivity index (χ1n) is 8.41. The number of benzene rings is 1. The van der Waals surface area contributed by atoms with Gasteiger partial charge in [-0.2, -0.15) is 0 Å². The van der Waals surface area contributed by atoms with Gasteiger partial charge in [0, 0.05) is 31.9 Å². The zero-order chi connectivity index (χ0) is 18.7. The molecule has 2 N–H and O–H groups in total. The summed E-state index contributed by atoms with van der Waals surface area (Å²) in [6.07, 6.45) is 3.56. The van der Waals surface area contributed by atoms with Gasteiger partial charge in [-0.1, -0.05) is 0 Å². The average molecular weight is 354 g/mol. The molecule has 2 aromatic rings. The minimum Gasteiger partial charge on any atom is -0.497 e. The van der Waals surface area contributed by atoms with Gasteiger partial charge in [0.2, 0.25) is 0 Å². The number of anilines is 2. The lowest BCUT2D eigenvalue weighted by Gasteiger charge is -2.14. The van der Waals surface area contributed by atoms with Gasteiger partial charge >= 0.3 is 0 Å². The Balaban J connectivity index is 1.85. The zero-order valence-electron chi connectivity index (χ0n) is 15.1. The maximum atomic E-state index is 12.6. The summed E-state index contributed by atoms with van der Waals surface area (Å²) in [6, 6.07) is 8.57. The fourth-order valence-corrected chi connectivity index (χ4v) is 2.44. The van der Waals surface area contributed by atoms with Crippen LogP contribution in [-0.4, -0.2) is 44.0 Å². The zero-order valence-corrected chi connectivity index (χ0v) is 15.1. The Morgan fingerprint density at radius 2 is 1.92 bits per heavy atom. The predicted molar refractivity (Wildman–Crippen MR) is 100.0 cm³/mol. The summed E-state index contributed by atoms with van der Waals surface area (Å²) in [4.78, 5) is 31.2. The molecule has 1 fully saturated rings. The Morgan fingerprint density at radius 1 is 1.15 bits per heavy atom. The molecule has 0 aliphatic heterocycles. The van der Waals surface area contributed by atoms with Crippen molar-refractivity contribution >= 4 is 23.3 Å². The Kier molecular flexibility index (Phi) is 5.06. The van der Waals surface area contributed by atoms with Gasteiger partial charge in [0.25, 0.3) is 11.8 Å². The number of ether oxygens (including phenoxy) is 1. The van der Waals surface area contributed by atoms with Crippen LogP contribution in [0.4, 0.5) is 11.5 Å². The van der Waals surface area contributed by atoms with Crippen molar-refractivity contribution in [3.63, 3.8) is 0 Å². The van der Waals surface area contributed by atoms with E-state index in [9.17, 15) is 9.59 Å². The van der Waals surface area contributed by atoms with E-state index < -0.39 is 0 Å². The van der Waals surface area contributed by atoms with Crippen LogP contribution in [-0.2, 0) is 0 Å². The van der Waals surface area contributed by atoms with Crippen LogP contribution in [0, 0.1) is 0 Å². The highest BCUT2D eigenvalue weighted by Gasteiger charge is 2.25. The fourth-order valence-electron chi connectivity index (χ4n) is 2.44. The maximum absolute atomic E-state index is 12.6. The van der Waals surface area contributed by atoms with Gasteiger partial charge in [0.05, 0.1) is 18.4 Å². The van der Waals surface area contributed by atoms with Gasteiger partial charge in [-0.05, 0) is 43.2 Å². The molecule has 0 saturated heterocycles. The van der Waals surface area contributed by atoms with Gasteiger partial charge in [-0.3, -0.25) is 9.59 Å². The molecule has 1 heterocycles. The number of methoxy groups -OCH3 is 1. The van der Waals surface area contributed by atoms with E-state index in [0.717, 1.165) is 12.8 Å². The molecule has 3 rings (SSSR count). The number of amides is 2. The van der Waals surface area contributed by atoms with Crippen LogP contribution >= 0.6 is 0 Å². The highest BCUT2D eigenvalue weighted by molar-refractivity contribution is 6.09. The monoisotopic (exact) mass is 354 g/mol. The quantitative estimate of drug-likeness (QED) is 0.832. The van der Waals surface area contributed by atoms with Crippen molar-refractivity contribution in [2.45, 2.75) is 18.9 Å². The molecule has 1 aromatic carbocycles. The normalized spacial score (nSPS) is 13.0. The smallest absolute Gasteiger partial charge is 0.255 e. The van der Waals surface area contributed by atoms with Crippen molar-refractivity contribution in [1.82, 2.24) is 10.3 Å². The first-order valence-corrected chi connectivity index (χ1v) is 8.41. The van der Waals surface area contributed by atoms with Gasteiger partial charge in [-0.15, -0.1) is 0 Å². The van der Waals surface area contributed by atoms with Crippen molar-refractivity contribution in [3.8, 4) is 5.75 Å². The molecule has 1 saturated carbocycles. The number of carbonyl (C=O) groups excluding carboxylic acids is 2. The number of pyridine rings is 1. The van der Waals surface area contributed by atoms with Crippen LogP contribution in [0.2, 0.25) is 0 Å². The van der Waals surface area contributed by atoms with E-state index in [1.54, 1.807) is 36.5 Å². The second kappa shape index (κ2) is 7.43. The van der Waals surface area contributed by atoms with Crippen LogP contribution in [0.15, 0.2) is 36.5 Å². The Labute approximate surface area is 152 Å². The lowest BCUT2D eigenvalue weighted by Crippen LogP contribution is -2.27. The molecule has 1 aliphatic carbocycles. The Bertz CT molecular complexity index is 831. The summed E-state index contributed by atoms with van der Waals surface area (Å²) in [7, 11) is 5.25. The topological polar surface area (TPSA) is 83.6 Å². The SMILES string of the molecule is COc1ccc(NC(=O)c2ccnc(N(C)C)c2)c(C(=O)NC2CC2)c1. The second-order valence-corrected chi connectivity index (χ2v) is 6.41. The van der Waals surface area contributed by atoms with E-state index in [1.807, 2.05) is 19.0 Å². The van der Waals surface area contributed by atoms with E-state index in [0.29, 0.717) is 28.4 Å². The summed E-state index contributed by atoms with van der Waals surface area (Å²) in [6.45, 7) is 0. The molecule has 7 heteroatoms. The Morgan fingerprint density at radius 3 is 2.58 bits per heavy atom. The third-order valence-electron chi connectivity index (χ3n) is 4.10. The predicted octanol–water partition coefficient (Wildman–Crippen LogP) is 2.30. The molecule has 1 aliphatic rings.